The zero-order chi connectivity index (χ0) is 18.2. The summed E-state index contributed by atoms with van der Waals surface area (Å²) in [6, 6.07) is 22.5. The quantitative estimate of drug-likeness (QED) is 0.657. The maximum absolute atomic E-state index is 11.9. The summed E-state index contributed by atoms with van der Waals surface area (Å²) in [6.07, 6.45) is 0.803. The smallest absolute Gasteiger partial charge is 0.233 e. The van der Waals surface area contributed by atoms with Crippen molar-refractivity contribution in [2.75, 3.05) is 20.2 Å². The van der Waals surface area contributed by atoms with Crippen molar-refractivity contribution >= 4 is 16.7 Å². The first-order valence-corrected chi connectivity index (χ1v) is 8.82. The van der Waals surface area contributed by atoms with Crippen molar-refractivity contribution in [2.24, 2.45) is 0 Å². The van der Waals surface area contributed by atoms with Gasteiger partial charge in [0.15, 0.2) is 0 Å². The topological polar surface area (TPSA) is 50.4 Å². The molecular weight excluding hydrogens is 324 g/mol. The van der Waals surface area contributed by atoms with E-state index >= 15 is 0 Å². The van der Waals surface area contributed by atoms with Crippen molar-refractivity contribution in [3.63, 3.8) is 0 Å². The molecule has 3 aromatic carbocycles. The van der Waals surface area contributed by atoms with Gasteiger partial charge >= 0.3 is 0 Å². The summed E-state index contributed by atoms with van der Waals surface area (Å²) in [6.45, 7) is 1.64. The highest BCUT2D eigenvalue weighted by atomic mass is 16.5. The lowest BCUT2D eigenvalue weighted by molar-refractivity contribution is -0.120. The summed E-state index contributed by atoms with van der Waals surface area (Å²) in [4.78, 5) is 11.9. The number of carbonyl (C=O) groups is 1. The number of ether oxygens (including phenoxy) is 1. The normalized spacial score (nSPS) is 10.7. The van der Waals surface area contributed by atoms with Crippen molar-refractivity contribution in [1.82, 2.24) is 10.6 Å². The third-order valence-corrected chi connectivity index (χ3v) is 4.31. The van der Waals surface area contributed by atoms with Crippen LogP contribution in [0.4, 0.5) is 0 Å². The Morgan fingerprint density at radius 3 is 2.54 bits per heavy atom. The Labute approximate surface area is 154 Å². The molecular formula is C22H24N2O2. The number of nitrogens with one attached hydrogen (secondary N) is 2. The van der Waals surface area contributed by atoms with Crippen molar-refractivity contribution < 1.29 is 9.53 Å². The van der Waals surface area contributed by atoms with E-state index in [0.717, 1.165) is 17.6 Å². The lowest BCUT2D eigenvalue weighted by Gasteiger charge is -2.08. The Balaban J connectivity index is 1.43. The minimum Gasteiger partial charge on any atom is -0.497 e. The van der Waals surface area contributed by atoms with Gasteiger partial charge in [0.25, 0.3) is 0 Å². The molecule has 0 saturated heterocycles. The zero-order valence-corrected chi connectivity index (χ0v) is 15.0. The molecule has 1 amide bonds. The molecule has 0 aromatic heterocycles. The average Bonchev–Trinajstić information content (AvgIpc) is 2.68. The third kappa shape index (κ3) is 5.07. The molecule has 3 aromatic rings. The monoisotopic (exact) mass is 348 g/mol. The number of rotatable bonds is 8. The lowest BCUT2D eigenvalue weighted by atomic mass is 10.0. The van der Waals surface area contributed by atoms with Gasteiger partial charge in [-0.05, 0) is 40.5 Å². The van der Waals surface area contributed by atoms with E-state index < -0.39 is 0 Å². The summed E-state index contributed by atoms with van der Waals surface area (Å²) < 4.78 is 5.28. The molecule has 0 bridgehead atoms. The Kier molecular flexibility index (Phi) is 6.23. The summed E-state index contributed by atoms with van der Waals surface area (Å²) in [5.41, 5.74) is 2.37. The van der Waals surface area contributed by atoms with Crippen LogP contribution in [0.2, 0.25) is 0 Å². The SMILES string of the molecule is COc1ccc2ccc(CCNC(=O)CNCc3ccccc3)cc2c1. The van der Waals surface area contributed by atoms with Gasteiger partial charge in [-0.1, -0.05) is 54.6 Å². The van der Waals surface area contributed by atoms with Crippen molar-refractivity contribution in [2.45, 2.75) is 13.0 Å². The van der Waals surface area contributed by atoms with E-state index in [1.807, 2.05) is 42.5 Å². The van der Waals surface area contributed by atoms with Crippen LogP contribution in [0.25, 0.3) is 10.8 Å². The van der Waals surface area contributed by atoms with E-state index in [2.05, 4.69) is 34.9 Å². The van der Waals surface area contributed by atoms with Crippen LogP contribution in [0.1, 0.15) is 11.1 Å². The van der Waals surface area contributed by atoms with Gasteiger partial charge in [-0.2, -0.15) is 0 Å². The van der Waals surface area contributed by atoms with Gasteiger partial charge in [0.1, 0.15) is 5.75 Å². The first kappa shape index (κ1) is 18.0. The molecule has 0 atom stereocenters. The second-order valence-electron chi connectivity index (χ2n) is 6.24. The van der Waals surface area contributed by atoms with Gasteiger partial charge in [-0.25, -0.2) is 0 Å². The molecule has 0 unspecified atom stereocenters. The lowest BCUT2D eigenvalue weighted by Crippen LogP contribution is -2.34. The van der Waals surface area contributed by atoms with Crippen LogP contribution >= 0.6 is 0 Å². The predicted molar refractivity (Wildman–Crippen MR) is 105 cm³/mol. The first-order chi connectivity index (χ1) is 12.7. The predicted octanol–water partition coefficient (Wildman–Crippen LogP) is 3.30. The van der Waals surface area contributed by atoms with Gasteiger partial charge in [0, 0.05) is 13.1 Å². The molecule has 4 heteroatoms. The van der Waals surface area contributed by atoms with Crippen molar-refractivity contribution in [3.05, 3.63) is 77.9 Å². The maximum Gasteiger partial charge on any atom is 0.233 e. The van der Waals surface area contributed by atoms with Crippen LogP contribution in [0.15, 0.2) is 66.7 Å². The van der Waals surface area contributed by atoms with Crippen molar-refractivity contribution in [1.29, 1.82) is 0 Å². The molecule has 0 spiro atoms. The molecule has 0 aliphatic carbocycles. The van der Waals surface area contributed by atoms with Crippen LogP contribution in [0, 0.1) is 0 Å². The summed E-state index contributed by atoms with van der Waals surface area (Å²) in [5.74, 6) is 0.871. The fourth-order valence-corrected chi connectivity index (χ4v) is 2.88. The number of benzene rings is 3. The second-order valence-corrected chi connectivity index (χ2v) is 6.24. The maximum atomic E-state index is 11.9. The van der Waals surface area contributed by atoms with Crippen LogP contribution in [-0.2, 0) is 17.8 Å². The highest BCUT2D eigenvalue weighted by Gasteiger charge is 2.02. The van der Waals surface area contributed by atoms with Gasteiger partial charge < -0.3 is 15.4 Å². The number of fused-ring (bicyclic) bond motifs is 1. The molecule has 0 saturated carbocycles. The van der Waals surface area contributed by atoms with E-state index in [0.29, 0.717) is 19.6 Å². The molecule has 4 nitrogen and oxygen atoms in total. The summed E-state index contributed by atoms with van der Waals surface area (Å²) in [7, 11) is 1.67. The molecule has 0 aliphatic heterocycles. The van der Waals surface area contributed by atoms with Crippen LogP contribution in [0.3, 0.4) is 0 Å². The third-order valence-electron chi connectivity index (χ3n) is 4.31. The van der Waals surface area contributed by atoms with E-state index in [-0.39, 0.29) is 5.91 Å². The Bertz CT molecular complexity index is 862. The summed E-state index contributed by atoms with van der Waals surface area (Å²) in [5, 5.41) is 8.46. The Morgan fingerprint density at radius 1 is 0.923 bits per heavy atom. The molecule has 3 rings (SSSR count). The Hall–Kier alpha value is -2.85. The molecule has 26 heavy (non-hydrogen) atoms. The van der Waals surface area contributed by atoms with E-state index in [4.69, 9.17) is 4.74 Å². The minimum absolute atomic E-state index is 0.0170. The average molecular weight is 348 g/mol. The van der Waals surface area contributed by atoms with Crippen LogP contribution < -0.4 is 15.4 Å². The highest BCUT2D eigenvalue weighted by molar-refractivity contribution is 5.84. The first-order valence-electron chi connectivity index (χ1n) is 8.82. The molecule has 2 N–H and O–H groups in total. The number of hydrogen-bond donors (Lipinski definition) is 2. The second kappa shape index (κ2) is 9.02. The van der Waals surface area contributed by atoms with E-state index in [1.165, 1.54) is 16.5 Å². The van der Waals surface area contributed by atoms with Gasteiger partial charge in [-0.15, -0.1) is 0 Å². The van der Waals surface area contributed by atoms with Crippen LogP contribution in [0.5, 0.6) is 5.75 Å². The zero-order valence-electron chi connectivity index (χ0n) is 15.0. The molecule has 0 radical (unpaired) electrons. The highest BCUT2D eigenvalue weighted by Crippen LogP contribution is 2.22. The van der Waals surface area contributed by atoms with E-state index in [9.17, 15) is 4.79 Å². The van der Waals surface area contributed by atoms with Crippen LogP contribution in [-0.4, -0.2) is 26.1 Å². The van der Waals surface area contributed by atoms with Gasteiger partial charge in [-0.3, -0.25) is 4.79 Å². The van der Waals surface area contributed by atoms with Crippen molar-refractivity contribution in [3.8, 4) is 5.75 Å². The van der Waals surface area contributed by atoms with E-state index in [1.54, 1.807) is 7.11 Å². The molecule has 134 valence electrons. The number of carbonyl (C=O) groups excluding carboxylic acids is 1. The molecule has 0 heterocycles. The molecule has 0 fully saturated rings. The largest absolute Gasteiger partial charge is 0.497 e. The summed E-state index contributed by atoms with van der Waals surface area (Å²) >= 11 is 0. The minimum atomic E-state index is 0.0170. The molecule has 0 aliphatic rings. The standard InChI is InChI=1S/C22H24N2O2/c1-26-21-10-9-19-8-7-17(13-20(19)14-21)11-12-24-22(25)16-23-15-18-5-3-2-4-6-18/h2-10,13-14,23H,11-12,15-16H2,1H3,(H,24,25). The number of methoxy groups -OCH3 is 1. The fraction of sp³-hybridized carbons (Fsp3) is 0.227. The Morgan fingerprint density at radius 2 is 1.73 bits per heavy atom. The number of hydrogen-bond acceptors (Lipinski definition) is 3. The number of amides is 1. The fourth-order valence-electron chi connectivity index (χ4n) is 2.88. The van der Waals surface area contributed by atoms with Gasteiger partial charge in [0.05, 0.1) is 13.7 Å². The van der Waals surface area contributed by atoms with Gasteiger partial charge in [0.2, 0.25) is 5.91 Å².